The Morgan fingerprint density at radius 2 is 1.67 bits per heavy atom. The Hall–Kier alpha value is -0.900. The summed E-state index contributed by atoms with van der Waals surface area (Å²) in [6.45, 7) is 11.2. The second-order valence-electron chi connectivity index (χ2n) is 6.93. The van der Waals surface area contributed by atoms with Crippen molar-refractivity contribution in [2.24, 2.45) is 5.41 Å². The van der Waals surface area contributed by atoms with Gasteiger partial charge in [0.05, 0.1) is 0 Å². The molecule has 1 unspecified atom stereocenters. The molecule has 0 amide bonds. The molecule has 0 aliphatic rings. The molecule has 3 heteroatoms. The largest absolute Gasteiger partial charge is 0.310 e. The van der Waals surface area contributed by atoms with Gasteiger partial charge in [0.15, 0.2) is 0 Å². The van der Waals surface area contributed by atoms with Crippen molar-refractivity contribution in [1.29, 1.82) is 0 Å². The second-order valence-corrected chi connectivity index (χ2v) is 6.93. The number of hydrogen-bond acceptors (Lipinski definition) is 3. The van der Waals surface area contributed by atoms with Crippen molar-refractivity contribution in [2.45, 2.75) is 26.8 Å². The van der Waals surface area contributed by atoms with Crippen molar-refractivity contribution < 1.29 is 0 Å². The lowest BCUT2D eigenvalue weighted by atomic mass is 9.80. The highest BCUT2D eigenvalue weighted by Gasteiger charge is 2.31. The molecule has 0 heterocycles. The van der Waals surface area contributed by atoms with Crippen LogP contribution in [-0.4, -0.2) is 57.1 Å². The van der Waals surface area contributed by atoms with Crippen molar-refractivity contribution >= 4 is 0 Å². The minimum Gasteiger partial charge on any atom is -0.310 e. The molecule has 120 valence electrons. The zero-order valence-electron chi connectivity index (χ0n) is 14.7. The van der Waals surface area contributed by atoms with E-state index in [0.717, 1.165) is 26.2 Å². The molecule has 1 aromatic rings. The number of nitrogens with zero attached hydrogens (tertiary/aromatic N) is 2. The topological polar surface area (TPSA) is 18.5 Å². The Morgan fingerprint density at radius 3 is 2.19 bits per heavy atom. The average Bonchev–Trinajstić information content (AvgIpc) is 2.43. The van der Waals surface area contributed by atoms with Crippen LogP contribution in [0.1, 0.15) is 32.4 Å². The molecule has 0 radical (unpaired) electrons. The summed E-state index contributed by atoms with van der Waals surface area (Å²) in [6, 6.07) is 11.2. The number of hydrogen-bond donors (Lipinski definition) is 1. The normalized spacial score (nSPS) is 13.9. The van der Waals surface area contributed by atoms with E-state index < -0.39 is 0 Å². The van der Waals surface area contributed by atoms with Gasteiger partial charge in [-0.25, -0.2) is 0 Å². The predicted molar refractivity (Wildman–Crippen MR) is 92.7 cm³/mol. The average molecular weight is 291 g/mol. The summed E-state index contributed by atoms with van der Waals surface area (Å²) < 4.78 is 0. The molecule has 0 saturated carbocycles. The Morgan fingerprint density at radius 1 is 1.05 bits per heavy atom. The van der Waals surface area contributed by atoms with Gasteiger partial charge >= 0.3 is 0 Å². The maximum absolute atomic E-state index is 3.67. The standard InChI is InChI=1S/C18H33N3/c1-7-19-17(16-11-9-8-10-12-16)18(2,3)15-21(6)14-13-20(4)5/h8-12,17,19H,7,13-15H2,1-6H3. The number of likely N-dealkylation sites (N-methyl/N-ethyl adjacent to an activating group) is 2. The molecular weight excluding hydrogens is 258 g/mol. The van der Waals surface area contributed by atoms with E-state index in [0.29, 0.717) is 6.04 Å². The van der Waals surface area contributed by atoms with Gasteiger partial charge < -0.3 is 15.1 Å². The molecule has 0 aliphatic heterocycles. The highest BCUT2D eigenvalue weighted by molar-refractivity contribution is 5.21. The monoisotopic (exact) mass is 291 g/mol. The molecule has 0 fully saturated rings. The van der Waals surface area contributed by atoms with Crippen LogP contribution in [0.5, 0.6) is 0 Å². The highest BCUT2D eigenvalue weighted by Crippen LogP contribution is 2.33. The van der Waals surface area contributed by atoms with E-state index in [4.69, 9.17) is 0 Å². The first kappa shape index (κ1) is 18.1. The fourth-order valence-corrected chi connectivity index (χ4v) is 2.93. The molecule has 0 aliphatic carbocycles. The number of nitrogens with one attached hydrogen (secondary N) is 1. The smallest absolute Gasteiger partial charge is 0.0384 e. The third kappa shape index (κ3) is 6.16. The zero-order valence-corrected chi connectivity index (χ0v) is 14.7. The molecule has 0 saturated heterocycles. The molecule has 21 heavy (non-hydrogen) atoms. The lowest BCUT2D eigenvalue weighted by molar-refractivity contribution is 0.150. The van der Waals surface area contributed by atoms with Gasteiger partial charge in [0.1, 0.15) is 0 Å². The molecule has 0 spiro atoms. The maximum Gasteiger partial charge on any atom is 0.0384 e. The molecule has 1 rings (SSSR count). The van der Waals surface area contributed by atoms with Gasteiger partial charge in [0.25, 0.3) is 0 Å². The van der Waals surface area contributed by atoms with Crippen molar-refractivity contribution in [1.82, 2.24) is 15.1 Å². The summed E-state index contributed by atoms with van der Waals surface area (Å²) in [5, 5.41) is 3.67. The third-order valence-electron chi connectivity index (χ3n) is 3.93. The van der Waals surface area contributed by atoms with Crippen molar-refractivity contribution in [3.8, 4) is 0 Å². The Balaban J connectivity index is 2.75. The third-order valence-corrected chi connectivity index (χ3v) is 3.93. The molecule has 0 aromatic heterocycles. The minimum atomic E-state index is 0.179. The van der Waals surface area contributed by atoms with E-state index in [1.165, 1.54) is 5.56 Å². The van der Waals surface area contributed by atoms with Crippen LogP contribution >= 0.6 is 0 Å². The van der Waals surface area contributed by atoms with Crippen LogP contribution in [0, 0.1) is 5.41 Å². The number of benzene rings is 1. The van der Waals surface area contributed by atoms with Gasteiger partial charge in [-0.05, 0) is 38.7 Å². The van der Waals surface area contributed by atoms with Crippen molar-refractivity contribution in [3.63, 3.8) is 0 Å². The van der Waals surface area contributed by atoms with E-state index in [1.54, 1.807) is 0 Å². The van der Waals surface area contributed by atoms with E-state index >= 15 is 0 Å². The summed E-state index contributed by atoms with van der Waals surface area (Å²) in [6.07, 6.45) is 0. The maximum atomic E-state index is 3.67. The Bertz CT molecular complexity index is 387. The van der Waals surface area contributed by atoms with E-state index in [1.807, 2.05) is 0 Å². The SMILES string of the molecule is CCNC(c1ccccc1)C(C)(C)CN(C)CCN(C)C. The van der Waals surface area contributed by atoms with E-state index in [9.17, 15) is 0 Å². The first-order valence-corrected chi connectivity index (χ1v) is 7.98. The predicted octanol–water partition coefficient (Wildman–Crippen LogP) is 2.86. The van der Waals surface area contributed by atoms with Gasteiger partial charge in [-0.3, -0.25) is 0 Å². The van der Waals surface area contributed by atoms with E-state index in [2.05, 4.69) is 87.4 Å². The molecule has 0 bridgehead atoms. The summed E-state index contributed by atoms with van der Waals surface area (Å²) >= 11 is 0. The van der Waals surface area contributed by atoms with Gasteiger partial charge in [0.2, 0.25) is 0 Å². The van der Waals surface area contributed by atoms with Crippen LogP contribution in [0.3, 0.4) is 0 Å². The van der Waals surface area contributed by atoms with Crippen LogP contribution in [0.2, 0.25) is 0 Å². The quantitative estimate of drug-likeness (QED) is 0.755. The molecular formula is C18H33N3. The van der Waals surface area contributed by atoms with Gasteiger partial charge in [-0.15, -0.1) is 0 Å². The molecule has 3 nitrogen and oxygen atoms in total. The van der Waals surface area contributed by atoms with Crippen LogP contribution < -0.4 is 5.32 Å². The zero-order chi connectivity index (χ0) is 15.9. The van der Waals surface area contributed by atoms with Gasteiger partial charge in [-0.2, -0.15) is 0 Å². The summed E-state index contributed by atoms with van der Waals surface area (Å²) in [5.41, 5.74) is 1.56. The first-order chi connectivity index (χ1) is 9.86. The van der Waals surface area contributed by atoms with Crippen LogP contribution in [0.4, 0.5) is 0 Å². The van der Waals surface area contributed by atoms with Gasteiger partial charge in [0, 0.05) is 25.7 Å². The van der Waals surface area contributed by atoms with Crippen molar-refractivity contribution in [2.75, 3.05) is 47.3 Å². The molecule has 1 N–H and O–H groups in total. The van der Waals surface area contributed by atoms with Crippen LogP contribution in [0.15, 0.2) is 30.3 Å². The Kier molecular flexibility index (Phi) is 7.36. The van der Waals surface area contributed by atoms with Gasteiger partial charge in [-0.1, -0.05) is 51.1 Å². The van der Waals surface area contributed by atoms with E-state index in [-0.39, 0.29) is 5.41 Å². The van der Waals surface area contributed by atoms with Crippen molar-refractivity contribution in [3.05, 3.63) is 35.9 Å². The van der Waals surface area contributed by atoms with Crippen LogP contribution in [0.25, 0.3) is 0 Å². The fourth-order valence-electron chi connectivity index (χ4n) is 2.93. The molecule has 1 aromatic carbocycles. The second kappa shape index (κ2) is 8.52. The Labute approximate surface area is 131 Å². The summed E-state index contributed by atoms with van der Waals surface area (Å²) in [4.78, 5) is 4.68. The van der Waals surface area contributed by atoms with Crippen LogP contribution in [-0.2, 0) is 0 Å². The fraction of sp³-hybridized carbons (Fsp3) is 0.667. The summed E-state index contributed by atoms with van der Waals surface area (Å²) in [5.74, 6) is 0. The highest BCUT2D eigenvalue weighted by atomic mass is 15.2. The number of rotatable bonds is 9. The first-order valence-electron chi connectivity index (χ1n) is 7.98. The minimum absolute atomic E-state index is 0.179. The molecule has 1 atom stereocenters. The lowest BCUT2D eigenvalue weighted by Crippen LogP contribution is -2.43. The summed E-state index contributed by atoms with van der Waals surface area (Å²) in [7, 11) is 6.48. The lowest BCUT2D eigenvalue weighted by Gasteiger charge is -2.38.